The molecule has 0 bridgehead atoms. The molecule has 0 saturated carbocycles. The molecule has 3 heteroatoms. The molecule has 0 aliphatic carbocycles. The Balaban J connectivity index is 2.41. The van der Waals surface area contributed by atoms with E-state index in [0.29, 0.717) is 6.04 Å². The summed E-state index contributed by atoms with van der Waals surface area (Å²) in [6.45, 7) is 13.0. The third-order valence-corrected chi connectivity index (χ3v) is 3.56. The number of hydrogen-bond donors (Lipinski definition) is 2. The van der Waals surface area contributed by atoms with Crippen molar-refractivity contribution in [3.63, 3.8) is 0 Å². The summed E-state index contributed by atoms with van der Waals surface area (Å²) in [6.07, 6.45) is 0.835. The van der Waals surface area contributed by atoms with Crippen LogP contribution in [0.5, 0.6) is 0 Å². The molecule has 1 saturated heterocycles. The Labute approximate surface area is 93.9 Å². The molecule has 3 nitrogen and oxygen atoms in total. The zero-order chi connectivity index (χ0) is 11.5. The molecule has 1 fully saturated rings. The van der Waals surface area contributed by atoms with Gasteiger partial charge >= 0.3 is 0 Å². The predicted octanol–water partition coefficient (Wildman–Crippen LogP) is 1.08. The Kier molecular flexibility index (Phi) is 4.56. The molecular weight excluding hydrogens is 188 g/mol. The highest BCUT2D eigenvalue weighted by Crippen LogP contribution is 2.24. The Hall–Kier alpha value is -0.120. The van der Waals surface area contributed by atoms with Gasteiger partial charge in [0.2, 0.25) is 0 Å². The summed E-state index contributed by atoms with van der Waals surface area (Å²) in [6, 6.07) is 0.514. The van der Waals surface area contributed by atoms with Crippen LogP contribution >= 0.6 is 0 Å². The molecule has 90 valence electrons. The zero-order valence-electron chi connectivity index (χ0n) is 10.6. The molecule has 1 rings (SSSR count). The van der Waals surface area contributed by atoms with Crippen LogP contribution in [0.3, 0.4) is 0 Å². The minimum absolute atomic E-state index is 0.102. The first-order chi connectivity index (χ1) is 6.95. The van der Waals surface area contributed by atoms with E-state index in [9.17, 15) is 5.11 Å². The summed E-state index contributed by atoms with van der Waals surface area (Å²) >= 11 is 0. The summed E-state index contributed by atoms with van der Waals surface area (Å²) < 4.78 is 0. The van der Waals surface area contributed by atoms with Gasteiger partial charge in [0.15, 0.2) is 0 Å². The maximum atomic E-state index is 9.48. The molecule has 0 radical (unpaired) electrons. The van der Waals surface area contributed by atoms with Gasteiger partial charge in [0.25, 0.3) is 0 Å². The third-order valence-electron chi connectivity index (χ3n) is 3.56. The van der Waals surface area contributed by atoms with Gasteiger partial charge in [-0.1, -0.05) is 20.8 Å². The Morgan fingerprint density at radius 3 is 2.67 bits per heavy atom. The Morgan fingerprint density at radius 2 is 2.20 bits per heavy atom. The molecule has 0 aromatic heterocycles. The monoisotopic (exact) mass is 214 g/mol. The van der Waals surface area contributed by atoms with Crippen LogP contribution in [0.15, 0.2) is 0 Å². The maximum absolute atomic E-state index is 9.48. The van der Waals surface area contributed by atoms with E-state index >= 15 is 0 Å². The quantitative estimate of drug-likeness (QED) is 0.719. The van der Waals surface area contributed by atoms with E-state index in [0.717, 1.165) is 32.6 Å². The smallest absolute Gasteiger partial charge is 0.0679 e. The molecule has 0 spiro atoms. The highest BCUT2D eigenvalue weighted by Gasteiger charge is 2.30. The SMILES string of the molecule is CCNC(C)C(C)(C)CN1CCC(O)C1. The van der Waals surface area contributed by atoms with Crippen LogP contribution in [0.4, 0.5) is 0 Å². The fourth-order valence-corrected chi connectivity index (χ4v) is 2.25. The van der Waals surface area contributed by atoms with E-state index in [-0.39, 0.29) is 11.5 Å². The van der Waals surface area contributed by atoms with Crippen molar-refractivity contribution in [2.75, 3.05) is 26.2 Å². The van der Waals surface area contributed by atoms with Crippen molar-refractivity contribution in [3.05, 3.63) is 0 Å². The minimum Gasteiger partial charge on any atom is -0.392 e. The largest absolute Gasteiger partial charge is 0.392 e. The number of nitrogens with zero attached hydrogens (tertiary/aromatic N) is 1. The highest BCUT2D eigenvalue weighted by molar-refractivity contribution is 4.86. The second-order valence-electron chi connectivity index (χ2n) is 5.45. The lowest BCUT2D eigenvalue weighted by atomic mass is 9.85. The Bertz CT molecular complexity index is 194. The average Bonchev–Trinajstić information content (AvgIpc) is 2.50. The standard InChI is InChI=1S/C12H26N2O/c1-5-13-10(2)12(3,4)9-14-7-6-11(15)8-14/h10-11,13,15H,5-9H2,1-4H3. The fraction of sp³-hybridized carbons (Fsp3) is 1.00. The van der Waals surface area contributed by atoms with Crippen molar-refractivity contribution in [1.29, 1.82) is 0 Å². The number of aliphatic hydroxyl groups is 1. The predicted molar refractivity (Wildman–Crippen MR) is 64.0 cm³/mol. The van der Waals surface area contributed by atoms with Gasteiger partial charge < -0.3 is 15.3 Å². The lowest BCUT2D eigenvalue weighted by molar-refractivity contribution is 0.136. The first-order valence-corrected chi connectivity index (χ1v) is 6.09. The third kappa shape index (κ3) is 3.74. The van der Waals surface area contributed by atoms with Gasteiger partial charge in [0, 0.05) is 25.7 Å². The molecule has 0 aromatic rings. The van der Waals surface area contributed by atoms with Crippen LogP contribution in [-0.4, -0.2) is 48.3 Å². The second kappa shape index (κ2) is 5.28. The van der Waals surface area contributed by atoms with Gasteiger partial charge in [0.05, 0.1) is 6.10 Å². The van der Waals surface area contributed by atoms with Gasteiger partial charge in [0.1, 0.15) is 0 Å². The number of rotatable bonds is 5. The van der Waals surface area contributed by atoms with Crippen molar-refractivity contribution in [3.8, 4) is 0 Å². The normalized spacial score (nSPS) is 25.8. The summed E-state index contributed by atoms with van der Waals surface area (Å²) in [7, 11) is 0. The molecule has 0 aromatic carbocycles. The van der Waals surface area contributed by atoms with E-state index in [1.54, 1.807) is 0 Å². The fourth-order valence-electron chi connectivity index (χ4n) is 2.25. The van der Waals surface area contributed by atoms with Crippen molar-refractivity contribution in [2.24, 2.45) is 5.41 Å². The van der Waals surface area contributed by atoms with Crippen LogP contribution < -0.4 is 5.32 Å². The topological polar surface area (TPSA) is 35.5 Å². The number of likely N-dealkylation sites (tertiary alicyclic amines) is 1. The molecule has 0 amide bonds. The van der Waals surface area contributed by atoms with Crippen molar-refractivity contribution < 1.29 is 5.11 Å². The van der Waals surface area contributed by atoms with Crippen LogP contribution in [-0.2, 0) is 0 Å². The highest BCUT2D eigenvalue weighted by atomic mass is 16.3. The summed E-state index contributed by atoms with van der Waals surface area (Å²) in [5, 5.41) is 13.0. The van der Waals surface area contributed by atoms with Gasteiger partial charge in [-0.05, 0) is 25.3 Å². The number of nitrogens with one attached hydrogen (secondary N) is 1. The van der Waals surface area contributed by atoms with E-state index in [1.807, 2.05) is 0 Å². The Morgan fingerprint density at radius 1 is 1.53 bits per heavy atom. The van der Waals surface area contributed by atoms with Gasteiger partial charge in [-0.25, -0.2) is 0 Å². The lowest BCUT2D eigenvalue weighted by Crippen LogP contribution is -2.46. The number of aliphatic hydroxyl groups excluding tert-OH is 1. The van der Waals surface area contributed by atoms with E-state index in [2.05, 4.69) is 37.9 Å². The van der Waals surface area contributed by atoms with Crippen LogP contribution in [0, 0.1) is 5.41 Å². The molecule has 2 N–H and O–H groups in total. The number of β-amino-alcohol motifs (C(OH)–C–C–N with tert-alkyl or cyclic N) is 1. The van der Waals surface area contributed by atoms with Crippen molar-refractivity contribution in [2.45, 2.75) is 46.3 Å². The summed E-state index contributed by atoms with van der Waals surface area (Å²) in [5.41, 5.74) is 0.264. The molecule has 15 heavy (non-hydrogen) atoms. The van der Waals surface area contributed by atoms with E-state index in [1.165, 1.54) is 0 Å². The molecule has 1 aliphatic heterocycles. The van der Waals surface area contributed by atoms with Crippen molar-refractivity contribution in [1.82, 2.24) is 10.2 Å². The van der Waals surface area contributed by atoms with Gasteiger partial charge in [-0.2, -0.15) is 0 Å². The maximum Gasteiger partial charge on any atom is 0.0679 e. The van der Waals surface area contributed by atoms with Crippen molar-refractivity contribution >= 4 is 0 Å². The van der Waals surface area contributed by atoms with Gasteiger partial charge in [-0.15, -0.1) is 0 Å². The summed E-state index contributed by atoms with van der Waals surface area (Å²) in [4.78, 5) is 2.37. The molecule has 1 aliphatic rings. The molecule has 2 atom stereocenters. The average molecular weight is 214 g/mol. The van der Waals surface area contributed by atoms with Crippen LogP contribution in [0.1, 0.15) is 34.1 Å². The second-order valence-corrected chi connectivity index (χ2v) is 5.45. The van der Waals surface area contributed by atoms with E-state index in [4.69, 9.17) is 0 Å². The lowest BCUT2D eigenvalue weighted by Gasteiger charge is -2.36. The number of hydrogen-bond acceptors (Lipinski definition) is 3. The van der Waals surface area contributed by atoms with Crippen LogP contribution in [0.25, 0.3) is 0 Å². The van der Waals surface area contributed by atoms with E-state index < -0.39 is 0 Å². The minimum atomic E-state index is -0.102. The molecular formula is C12H26N2O. The molecule has 2 unspecified atom stereocenters. The first-order valence-electron chi connectivity index (χ1n) is 6.09. The molecule has 1 heterocycles. The summed E-state index contributed by atoms with van der Waals surface area (Å²) in [5.74, 6) is 0. The zero-order valence-corrected chi connectivity index (χ0v) is 10.6. The first kappa shape index (κ1) is 12.9. The van der Waals surface area contributed by atoms with Gasteiger partial charge in [-0.3, -0.25) is 0 Å². The van der Waals surface area contributed by atoms with Crippen LogP contribution in [0.2, 0.25) is 0 Å².